The van der Waals surface area contributed by atoms with Gasteiger partial charge in [0.15, 0.2) is 21.7 Å². The predicted molar refractivity (Wildman–Crippen MR) is 99.1 cm³/mol. The van der Waals surface area contributed by atoms with Crippen LogP contribution >= 0.6 is 0 Å². The van der Waals surface area contributed by atoms with Gasteiger partial charge in [0.05, 0.1) is 0 Å². The summed E-state index contributed by atoms with van der Waals surface area (Å²) < 4.78 is 58.9. The van der Waals surface area contributed by atoms with E-state index < -0.39 is 15.6 Å². The molecule has 0 heterocycles. The van der Waals surface area contributed by atoms with Crippen molar-refractivity contribution in [2.75, 3.05) is 17.3 Å². The molecule has 0 aliphatic heterocycles. The van der Waals surface area contributed by atoms with Crippen molar-refractivity contribution in [2.24, 2.45) is 5.92 Å². The van der Waals surface area contributed by atoms with E-state index in [9.17, 15) is 18.0 Å². The summed E-state index contributed by atoms with van der Waals surface area (Å²) in [5.74, 6) is 4.54. The third kappa shape index (κ3) is 11.4. The molecule has 0 amide bonds. The second-order valence-electron chi connectivity index (χ2n) is 6.57. The van der Waals surface area contributed by atoms with Gasteiger partial charge in [-0.05, 0) is 36.6 Å². The topological polar surface area (TPSA) is 74.3 Å². The highest BCUT2D eigenvalue weighted by molar-refractivity contribution is 7.97. The number of hydrogen-bond donors (Lipinski definition) is 0. The minimum atomic E-state index is -6.09. The van der Waals surface area contributed by atoms with E-state index >= 15 is 0 Å². The van der Waals surface area contributed by atoms with E-state index in [0.29, 0.717) is 22.6 Å². The van der Waals surface area contributed by atoms with Gasteiger partial charge in [0.1, 0.15) is 11.5 Å². The summed E-state index contributed by atoms with van der Waals surface area (Å²) in [5.41, 5.74) is -5.65. The number of unbranched alkanes of at least 4 members (excludes halogenated alkanes) is 2. The van der Waals surface area contributed by atoms with E-state index in [0.717, 1.165) is 5.75 Å². The highest BCUT2D eigenvalue weighted by atomic mass is 32.2. The van der Waals surface area contributed by atoms with Crippen molar-refractivity contribution in [2.45, 2.75) is 77.1 Å². The van der Waals surface area contributed by atoms with Gasteiger partial charge in [-0.25, -0.2) is 8.42 Å². The summed E-state index contributed by atoms with van der Waals surface area (Å²) in [6.45, 7) is 4.51. The quantitative estimate of drug-likeness (QED) is 0.315. The van der Waals surface area contributed by atoms with Gasteiger partial charge < -0.3 is 4.55 Å². The fourth-order valence-electron chi connectivity index (χ4n) is 2.69. The first-order valence-electron chi connectivity index (χ1n) is 9.21. The lowest BCUT2D eigenvalue weighted by molar-refractivity contribution is -0.121. The Labute approximate surface area is 158 Å². The van der Waals surface area contributed by atoms with Crippen LogP contribution in [-0.2, 0) is 25.8 Å². The first-order chi connectivity index (χ1) is 12.0. The summed E-state index contributed by atoms with van der Waals surface area (Å²) in [5, 5.41) is 0. The molecule has 1 fully saturated rings. The maximum Gasteiger partial charge on any atom is 0.485 e. The maximum atomic E-state index is 12.3. The molecule has 0 bridgehead atoms. The lowest BCUT2D eigenvalue weighted by Gasteiger charge is -2.20. The van der Waals surface area contributed by atoms with Crippen molar-refractivity contribution in [3.63, 3.8) is 0 Å². The van der Waals surface area contributed by atoms with E-state index in [1.807, 2.05) is 0 Å². The average Bonchev–Trinajstić information content (AvgIpc) is 2.56. The van der Waals surface area contributed by atoms with Crippen LogP contribution in [0.25, 0.3) is 0 Å². The molecule has 0 N–H and O–H groups in total. The minimum Gasteiger partial charge on any atom is -0.741 e. The normalized spacial score (nSPS) is 16.3. The summed E-state index contributed by atoms with van der Waals surface area (Å²) in [7, 11) is -5.70. The van der Waals surface area contributed by atoms with Crippen LogP contribution in [0.5, 0.6) is 0 Å². The molecular formula is C17H31F3O4S2. The molecule has 0 aromatic carbocycles. The third-order valence-corrected chi connectivity index (χ3v) is 7.26. The summed E-state index contributed by atoms with van der Waals surface area (Å²) in [4.78, 5) is 12.3. The van der Waals surface area contributed by atoms with E-state index in [4.69, 9.17) is 13.0 Å². The zero-order valence-electron chi connectivity index (χ0n) is 15.6. The predicted octanol–water partition coefficient (Wildman–Crippen LogP) is 4.41. The number of hydrogen-bond acceptors (Lipinski definition) is 4. The van der Waals surface area contributed by atoms with Crippen molar-refractivity contribution in [3.8, 4) is 0 Å². The standard InChI is InChI=1S/C16H31OS.CHF3O3S/c1-3-5-12-18(13-6-4-2)14-16(17)15-10-8-7-9-11-15;2-1(3,4)8(5,6)7/h15H,3-14H2,1-2H3;(H,5,6,7)/q+1;/p-1. The van der Waals surface area contributed by atoms with Crippen LogP contribution in [0.2, 0.25) is 0 Å². The molecule has 0 atom stereocenters. The number of ketones is 1. The molecule has 1 aliphatic rings. The molecule has 1 saturated carbocycles. The molecule has 4 nitrogen and oxygen atoms in total. The van der Waals surface area contributed by atoms with E-state index in [-0.39, 0.29) is 0 Å². The van der Waals surface area contributed by atoms with E-state index in [1.54, 1.807) is 0 Å². The molecule has 0 aromatic heterocycles. The highest BCUT2D eigenvalue weighted by Crippen LogP contribution is 2.25. The zero-order valence-corrected chi connectivity index (χ0v) is 17.3. The largest absolute Gasteiger partial charge is 0.741 e. The average molecular weight is 421 g/mol. The zero-order chi connectivity index (χ0) is 20.2. The van der Waals surface area contributed by atoms with Crippen LogP contribution in [-0.4, -0.2) is 41.5 Å². The Kier molecular flexibility index (Phi) is 12.9. The van der Waals surface area contributed by atoms with E-state index in [1.165, 1.54) is 69.3 Å². The molecule has 0 unspecified atom stereocenters. The number of halogens is 3. The Bertz CT molecular complexity index is 479. The number of rotatable bonds is 9. The Balaban J connectivity index is 0.000000660. The highest BCUT2D eigenvalue weighted by Gasteiger charge is 2.37. The molecule has 0 saturated heterocycles. The monoisotopic (exact) mass is 420 g/mol. The molecule has 9 heteroatoms. The van der Waals surface area contributed by atoms with E-state index in [2.05, 4.69) is 13.8 Å². The first kappa shape index (κ1) is 25.7. The Hall–Kier alpha value is -0.280. The molecule has 0 radical (unpaired) electrons. The molecule has 0 spiro atoms. The van der Waals surface area contributed by atoms with Crippen LogP contribution in [0.4, 0.5) is 13.2 Å². The fraction of sp³-hybridized carbons (Fsp3) is 0.941. The van der Waals surface area contributed by atoms with Gasteiger partial charge in [-0.15, -0.1) is 0 Å². The molecule has 26 heavy (non-hydrogen) atoms. The number of Topliss-reactive ketones (excluding diaryl/α,β-unsaturated/α-hetero) is 1. The Morgan fingerprint density at radius 1 is 1.04 bits per heavy atom. The van der Waals surface area contributed by atoms with Gasteiger partial charge in [0.25, 0.3) is 0 Å². The SMILES string of the molecule is CCCC[S+](CCCC)CC(=O)C1CCCCC1.O=S(=O)([O-])C(F)(F)F. The van der Waals surface area contributed by atoms with Crippen molar-refractivity contribution in [1.29, 1.82) is 0 Å². The minimum absolute atomic E-state index is 0.394. The summed E-state index contributed by atoms with van der Waals surface area (Å²) in [6.07, 6.45) is 11.4. The van der Waals surface area contributed by atoms with Crippen molar-refractivity contribution in [1.82, 2.24) is 0 Å². The maximum absolute atomic E-state index is 12.3. The van der Waals surface area contributed by atoms with Gasteiger partial charge in [-0.1, -0.05) is 46.0 Å². The molecule has 0 aromatic rings. The van der Waals surface area contributed by atoms with Crippen molar-refractivity contribution >= 4 is 26.8 Å². The lowest BCUT2D eigenvalue weighted by Crippen LogP contribution is -2.28. The lowest BCUT2D eigenvalue weighted by atomic mass is 9.87. The number of alkyl halides is 3. The summed E-state index contributed by atoms with van der Waals surface area (Å²) in [6, 6.07) is 0. The van der Waals surface area contributed by atoms with Crippen LogP contribution in [0, 0.1) is 5.92 Å². The summed E-state index contributed by atoms with van der Waals surface area (Å²) >= 11 is 0. The first-order valence-corrected chi connectivity index (χ1v) is 12.4. The van der Waals surface area contributed by atoms with Crippen LogP contribution in [0.1, 0.15) is 71.6 Å². The van der Waals surface area contributed by atoms with Gasteiger partial charge in [0.2, 0.25) is 0 Å². The van der Waals surface area contributed by atoms with Gasteiger partial charge in [-0.3, -0.25) is 4.79 Å². The molecule has 156 valence electrons. The van der Waals surface area contributed by atoms with Crippen molar-refractivity contribution < 1.29 is 30.9 Å². The van der Waals surface area contributed by atoms with Crippen LogP contribution in [0.15, 0.2) is 0 Å². The number of carbonyl (C=O) groups excluding carboxylic acids is 1. The van der Waals surface area contributed by atoms with Gasteiger partial charge in [-0.2, -0.15) is 13.2 Å². The van der Waals surface area contributed by atoms with Crippen LogP contribution < -0.4 is 0 Å². The molecule has 1 aliphatic carbocycles. The van der Waals surface area contributed by atoms with Gasteiger partial charge in [0, 0.05) is 5.92 Å². The van der Waals surface area contributed by atoms with Crippen molar-refractivity contribution in [3.05, 3.63) is 0 Å². The second-order valence-corrected chi connectivity index (χ2v) is 10.3. The third-order valence-electron chi connectivity index (χ3n) is 4.26. The Morgan fingerprint density at radius 3 is 1.81 bits per heavy atom. The van der Waals surface area contributed by atoms with Crippen LogP contribution in [0.3, 0.4) is 0 Å². The van der Waals surface area contributed by atoms with Gasteiger partial charge >= 0.3 is 5.51 Å². The Morgan fingerprint density at radius 2 is 1.46 bits per heavy atom. The molecule has 1 rings (SSSR count). The molecular weight excluding hydrogens is 389 g/mol. The number of carbonyl (C=O) groups is 1. The fourth-order valence-corrected chi connectivity index (χ4v) is 5.21. The second kappa shape index (κ2) is 13.0. The smallest absolute Gasteiger partial charge is 0.485 e.